The Morgan fingerprint density at radius 2 is 1.77 bits per heavy atom. The van der Waals surface area contributed by atoms with Crippen molar-refractivity contribution in [3.05, 3.63) is 66.5 Å². The number of aryl methyl sites for hydroxylation is 1. The van der Waals surface area contributed by atoms with Crippen LogP contribution in [0.1, 0.15) is 5.56 Å². The van der Waals surface area contributed by atoms with E-state index in [2.05, 4.69) is 60.6 Å². The molecule has 104 valence electrons. The minimum Gasteiger partial charge on any atom is -0.255 e. The molecule has 0 aliphatic heterocycles. The van der Waals surface area contributed by atoms with Gasteiger partial charge in [0.15, 0.2) is 0 Å². The molecule has 0 aliphatic carbocycles. The van der Waals surface area contributed by atoms with E-state index in [1.165, 1.54) is 16.3 Å². The Hall–Kier alpha value is -2.94. The minimum absolute atomic E-state index is 1.05. The molecule has 3 nitrogen and oxygen atoms in total. The molecule has 0 amide bonds. The lowest BCUT2D eigenvalue weighted by atomic mass is 10.0. The largest absolute Gasteiger partial charge is 0.255 e. The molecule has 3 heteroatoms. The number of hydrogen-bond donors (Lipinski definition) is 0. The molecule has 3 aromatic heterocycles. The molecule has 0 atom stereocenters. The van der Waals surface area contributed by atoms with E-state index in [-0.39, 0.29) is 0 Å². The normalized spacial score (nSPS) is 11.9. The maximum atomic E-state index is 4.77. The van der Waals surface area contributed by atoms with E-state index in [1.54, 1.807) is 0 Å². The van der Waals surface area contributed by atoms with Crippen molar-refractivity contribution in [1.29, 1.82) is 0 Å². The lowest BCUT2D eigenvalue weighted by molar-refractivity contribution is 1.00. The van der Waals surface area contributed by atoms with E-state index in [9.17, 15) is 0 Å². The maximum absolute atomic E-state index is 4.77. The van der Waals surface area contributed by atoms with Gasteiger partial charge in [0.25, 0.3) is 0 Å². The van der Waals surface area contributed by atoms with Gasteiger partial charge < -0.3 is 0 Å². The number of fused-ring (bicyclic) bond motifs is 8. The molecule has 0 spiro atoms. The Morgan fingerprint density at radius 1 is 0.909 bits per heavy atom. The van der Waals surface area contributed by atoms with Gasteiger partial charge in [0, 0.05) is 22.4 Å². The Balaban J connectivity index is 2.24. The third-order valence-electron chi connectivity index (χ3n) is 4.40. The highest BCUT2D eigenvalue weighted by Crippen LogP contribution is 2.33. The summed E-state index contributed by atoms with van der Waals surface area (Å²) in [5.41, 5.74) is 4.51. The molecule has 5 aromatic rings. The zero-order chi connectivity index (χ0) is 14.7. The molecule has 0 saturated heterocycles. The Labute approximate surface area is 126 Å². The number of nitrogens with zero attached hydrogens (tertiary/aromatic N) is 3. The van der Waals surface area contributed by atoms with Crippen LogP contribution in [0, 0.1) is 6.92 Å². The van der Waals surface area contributed by atoms with Crippen LogP contribution in [-0.4, -0.2) is 14.6 Å². The number of benzene rings is 2. The van der Waals surface area contributed by atoms with Crippen LogP contribution < -0.4 is 0 Å². The van der Waals surface area contributed by atoms with Gasteiger partial charge in [0.2, 0.25) is 0 Å². The Bertz CT molecular complexity index is 1190. The summed E-state index contributed by atoms with van der Waals surface area (Å²) in [6.07, 6.45) is 3.83. The highest BCUT2D eigenvalue weighted by molar-refractivity contribution is 6.20. The predicted octanol–water partition coefficient (Wildman–Crippen LogP) is 4.50. The number of para-hydroxylation sites is 1. The van der Waals surface area contributed by atoms with Crippen LogP contribution >= 0.6 is 0 Å². The zero-order valence-electron chi connectivity index (χ0n) is 12.1. The van der Waals surface area contributed by atoms with Crippen molar-refractivity contribution >= 4 is 38.1 Å². The number of rotatable bonds is 0. The number of hydrogen-bond acceptors (Lipinski definition) is 2. The van der Waals surface area contributed by atoms with E-state index in [0.717, 1.165) is 27.3 Å². The number of aromatic nitrogens is 3. The zero-order valence-corrected chi connectivity index (χ0v) is 12.1. The van der Waals surface area contributed by atoms with E-state index in [1.807, 2.05) is 16.9 Å². The Morgan fingerprint density at radius 3 is 2.73 bits per heavy atom. The third kappa shape index (κ3) is 1.35. The van der Waals surface area contributed by atoms with E-state index in [4.69, 9.17) is 4.98 Å². The average molecular weight is 283 g/mol. The summed E-state index contributed by atoms with van der Waals surface area (Å²) >= 11 is 0. The molecule has 2 aromatic carbocycles. The summed E-state index contributed by atoms with van der Waals surface area (Å²) < 4.78 is 2.04. The van der Waals surface area contributed by atoms with E-state index >= 15 is 0 Å². The molecule has 0 aliphatic rings. The van der Waals surface area contributed by atoms with Gasteiger partial charge in [-0.3, -0.25) is 4.98 Å². The summed E-state index contributed by atoms with van der Waals surface area (Å²) in [5, 5.41) is 9.26. The summed E-state index contributed by atoms with van der Waals surface area (Å²) in [7, 11) is 0. The number of pyridine rings is 2. The van der Waals surface area contributed by atoms with Gasteiger partial charge in [-0.2, -0.15) is 5.10 Å². The second kappa shape index (κ2) is 4.04. The van der Waals surface area contributed by atoms with Gasteiger partial charge >= 0.3 is 0 Å². The summed E-state index contributed by atoms with van der Waals surface area (Å²) in [6, 6.07) is 16.8. The summed E-state index contributed by atoms with van der Waals surface area (Å²) in [6.45, 7) is 2.12. The van der Waals surface area contributed by atoms with Gasteiger partial charge in [-0.25, -0.2) is 4.52 Å². The smallest absolute Gasteiger partial charge is 0.0824 e. The summed E-state index contributed by atoms with van der Waals surface area (Å²) in [4.78, 5) is 4.77. The van der Waals surface area contributed by atoms with Crippen LogP contribution in [0.3, 0.4) is 0 Å². The molecular formula is C19H13N3. The standard InChI is InChI=1S/C19H13N3/c1-12-5-4-8-15-18-17(16-9-10-21-22(16)19(12)15)14-7-3-2-6-13(14)11-20-18/h2-11H,1H3. The molecule has 0 N–H and O–H groups in total. The lowest BCUT2D eigenvalue weighted by Gasteiger charge is -2.11. The molecule has 0 saturated carbocycles. The lowest BCUT2D eigenvalue weighted by Crippen LogP contribution is -1.96. The fourth-order valence-corrected chi connectivity index (χ4v) is 3.43. The average Bonchev–Trinajstić information content (AvgIpc) is 3.03. The van der Waals surface area contributed by atoms with Crippen LogP contribution in [-0.2, 0) is 0 Å². The molecule has 5 rings (SSSR count). The van der Waals surface area contributed by atoms with E-state index in [0.29, 0.717) is 0 Å². The van der Waals surface area contributed by atoms with Crippen molar-refractivity contribution in [2.75, 3.05) is 0 Å². The van der Waals surface area contributed by atoms with E-state index < -0.39 is 0 Å². The molecular weight excluding hydrogens is 270 g/mol. The fraction of sp³-hybridized carbons (Fsp3) is 0.0526. The second-order valence-electron chi connectivity index (χ2n) is 5.67. The van der Waals surface area contributed by atoms with Gasteiger partial charge in [0.05, 0.1) is 22.7 Å². The van der Waals surface area contributed by atoms with Gasteiger partial charge in [-0.05, 0) is 23.9 Å². The maximum Gasteiger partial charge on any atom is 0.0824 e. The quantitative estimate of drug-likeness (QED) is 0.392. The molecule has 0 fully saturated rings. The van der Waals surface area contributed by atoms with Crippen molar-refractivity contribution in [2.24, 2.45) is 0 Å². The van der Waals surface area contributed by atoms with Gasteiger partial charge in [0.1, 0.15) is 0 Å². The summed E-state index contributed by atoms with van der Waals surface area (Å²) in [5.74, 6) is 0. The van der Waals surface area contributed by atoms with Crippen LogP contribution in [0.4, 0.5) is 0 Å². The van der Waals surface area contributed by atoms with Crippen LogP contribution in [0.2, 0.25) is 0 Å². The van der Waals surface area contributed by atoms with Crippen molar-refractivity contribution in [3.63, 3.8) is 0 Å². The minimum atomic E-state index is 1.05. The Kier molecular flexibility index (Phi) is 2.15. The fourth-order valence-electron chi connectivity index (χ4n) is 3.43. The topological polar surface area (TPSA) is 30.2 Å². The molecule has 0 bridgehead atoms. The first-order valence-electron chi connectivity index (χ1n) is 7.37. The van der Waals surface area contributed by atoms with Crippen molar-refractivity contribution in [1.82, 2.24) is 14.6 Å². The van der Waals surface area contributed by atoms with Crippen molar-refractivity contribution in [2.45, 2.75) is 6.92 Å². The predicted molar refractivity (Wildman–Crippen MR) is 90.2 cm³/mol. The van der Waals surface area contributed by atoms with Crippen molar-refractivity contribution in [3.8, 4) is 0 Å². The molecule has 22 heavy (non-hydrogen) atoms. The second-order valence-corrected chi connectivity index (χ2v) is 5.67. The van der Waals surface area contributed by atoms with Crippen LogP contribution in [0.15, 0.2) is 60.9 Å². The van der Waals surface area contributed by atoms with Crippen molar-refractivity contribution < 1.29 is 0 Å². The first-order valence-corrected chi connectivity index (χ1v) is 7.37. The molecule has 3 heterocycles. The van der Waals surface area contributed by atoms with Gasteiger partial charge in [-0.15, -0.1) is 0 Å². The SMILES string of the molecule is Cc1cccc2c3ncc4ccccc4c3c3ccnn3c12. The van der Waals surface area contributed by atoms with Gasteiger partial charge in [-0.1, -0.05) is 42.5 Å². The van der Waals surface area contributed by atoms with Crippen LogP contribution in [0.25, 0.3) is 38.1 Å². The molecule has 0 radical (unpaired) electrons. The monoisotopic (exact) mass is 283 g/mol. The first kappa shape index (κ1) is 11.7. The third-order valence-corrected chi connectivity index (χ3v) is 4.40. The first-order chi connectivity index (χ1) is 10.8. The van der Waals surface area contributed by atoms with Crippen LogP contribution in [0.5, 0.6) is 0 Å². The molecule has 0 unspecified atom stereocenters. The highest BCUT2D eigenvalue weighted by Gasteiger charge is 2.13. The highest BCUT2D eigenvalue weighted by atomic mass is 15.2.